The van der Waals surface area contributed by atoms with Crippen LogP contribution in [0.25, 0.3) is 0 Å². The molecule has 0 saturated carbocycles. The molecule has 2 aliphatic rings. The van der Waals surface area contributed by atoms with E-state index in [2.05, 4.69) is 29.1 Å². The fourth-order valence-electron chi connectivity index (χ4n) is 3.76. The van der Waals surface area contributed by atoms with E-state index in [1.165, 1.54) is 0 Å². The summed E-state index contributed by atoms with van der Waals surface area (Å²) >= 11 is 2.00. The van der Waals surface area contributed by atoms with Crippen LogP contribution in [-0.4, -0.2) is 85.2 Å². The van der Waals surface area contributed by atoms with Gasteiger partial charge in [-0.15, -0.1) is 0 Å². The summed E-state index contributed by atoms with van der Waals surface area (Å²) in [5.74, 6) is 1.89. The van der Waals surface area contributed by atoms with Gasteiger partial charge in [0.2, 0.25) is 5.91 Å². The van der Waals surface area contributed by atoms with E-state index in [0.29, 0.717) is 32.8 Å². The Morgan fingerprint density at radius 1 is 1.21 bits per heavy atom. The number of rotatable bonds is 4. The molecule has 2 aliphatic heterocycles. The quantitative estimate of drug-likeness (QED) is 0.615. The molecule has 7 heteroatoms. The van der Waals surface area contributed by atoms with E-state index in [0.717, 1.165) is 30.4 Å². The number of thioether (sulfide) groups is 1. The first kappa shape index (κ1) is 21.0. The highest BCUT2D eigenvalue weighted by molar-refractivity contribution is 8.00. The minimum Gasteiger partial charge on any atom is -0.378 e. The van der Waals surface area contributed by atoms with Crippen LogP contribution >= 0.6 is 11.8 Å². The van der Waals surface area contributed by atoms with E-state index >= 15 is 0 Å². The van der Waals surface area contributed by atoms with E-state index in [1.807, 2.05) is 54.0 Å². The summed E-state index contributed by atoms with van der Waals surface area (Å²) in [5.41, 5.74) is 1.04. The van der Waals surface area contributed by atoms with Gasteiger partial charge in [-0.2, -0.15) is 11.8 Å². The van der Waals surface area contributed by atoms with Crippen molar-refractivity contribution in [2.75, 3.05) is 58.7 Å². The molecule has 0 aliphatic carbocycles. The number of aliphatic imine (C=N–C) groups is 1. The fraction of sp³-hybridized carbons (Fsp3) is 0.619. The lowest BCUT2D eigenvalue weighted by molar-refractivity contribution is -0.136. The highest BCUT2D eigenvalue weighted by atomic mass is 32.2. The second-order valence-electron chi connectivity index (χ2n) is 7.86. The molecule has 0 spiro atoms. The molecule has 0 bridgehead atoms. The number of morpholine rings is 1. The van der Waals surface area contributed by atoms with Crippen molar-refractivity contribution in [2.45, 2.75) is 24.5 Å². The molecular weight excluding hydrogens is 372 g/mol. The van der Waals surface area contributed by atoms with Gasteiger partial charge in [0.15, 0.2) is 5.96 Å². The van der Waals surface area contributed by atoms with Gasteiger partial charge in [0.1, 0.15) is 0 Å². The Bertz CT molecular complexity index is 674. The third-order valence-corrected chi connectivity index (χ3v) is 6.52. The van der Waals surface area contributed by atoms with Crippen molar-refractivity contribution in [3.63, 3.8) is 0 Å². The Kier molecular flexibility index (Phi) is 7.24. The molecule has 2 fully saturated rings. The number of ether oxygens (including phenoxy) is 1. The molecule has 0 radical (unpaired) electrons. The first-order valence-electron chi connectivity index (χ1n) is 10.0. The zero-order valence-corrected chi connectivity index (χ0v) is 18.0. The van der Waals surface area contributed by atoms with Gasteiger partial charge in [-0.25, -0.2) is 0 Å². The summed E-state index contributed by atoms with van der Waals surface area (Å²) in [5, 5.41) is 3.48. The van der Waals surface area contributed by atoms with Crippen LogP contribution in [0.4, 0.5) is 0 Å². The van der Waals surface area contributed by atoms with Crippen LogP contribution in [0, 0.1) is 0 Å². The first-order valence-corrected chi connectivity index (χ1v) is 11.0. The van der Waals surface area contributed by atoms with Crippen molar-refractivity contribution in [1.82, 2.24) is 15.1 Å². The molecule has 1 unspecified atom stereocenters. The molecular formula is C21H32N4O2S. The second-order valence-corrected chi connectivity index (χ2v) is 9.66. The van der Waals surface area contributed by atoms with Crippen LogP contribution in [0.2, 0.25) is 0 Å². The van der Waals surface area contributed by atoms with Crippen LogP contribution in [0.5, 0.6) is 0 Å². The lowest BCUT2D eigenvalue weighted by atomic mass is 9.97. The van der Waals surface area contributed by atoms with Crippen molar-refractivity contribution in [1.29, 1.82) is 0 Å². The lowest BCUT2D eigenvalue weighted by Gasteiger charge is -2.39. The molecule has 1 aromatic carbocycles. The summed E-state index contributed by atoms with van der Waals surface area (Å²) in [7, 11) is 1.82. The van der Waals surface area contributed by atoms with Crippen molar-refractivity contribution in [3.05, 3.63) is 35.9 Å². The summed E-state index contributed by atoms with van der Waals surface area (Å²) in [6, 6.07) is 10.0. The van der Waals surface area contributed by atoms with Crippen LogP contribution in [-0.2, 0) is 9.53 Å². The smallest absolute Gasteiger partial charge is 0.232 e. The Morgan fingerprint density at radius 2 is 1.93 bits per heavy atom. The highest BCUT2D eigenvalue weighted by Gasteiger charge is 2.31. The fourth-order valence-corrected chi connectivity index (χ4v) is 4.87. The van der Waals surface area contributed by atoms with Gasteiger partial charge in [-0.1, -0.05) is 30.3 Å². The molecule has 1 N–H and O–H groups in total. The number of carbonyl (C=O) groups excluding carboxylic acids is 1. The first-order chi connectivity index (χ1) is 13.5. The minimum absolute atomic E-state index is 0.159. The summed E-state index contributed by atoms with van der Waals surface area (Å²) in [4.78, 5) is 22.0. The van der Waals surface area contributed by atoms with Crippen LogP contribution in [0.15, 0.2) is 35.3 Å². The van der Waals surface area contributed by atoms with Crippen LogP contribution in [0.3, 0.4) is 0 Å². The zero-order valence-electron chi connectivity index (χ0n) is 17.2. The molecule has 1 atom stereocenters. The number of hydrogen-bond donors (Lipinski definition) is 1. The maximum Gasteiger partial charge on any atom is 0.232 e. The minimum atomic E-state index is -0.233. The molecule has 3 rings (SSSR count). The van der Waals surface area contributed by atoms with E-state index < -0.39 is 0 Å². The van der Waals surface area contributed by atoms with Crippen molar-refractivity contribution in [3.8, 4) is 0 Å². The maximum atomic E-state index is 13.3. The van der Waals surface area contributed by atoms with Crippen molar-refractivity contribution < 1.29 is 9.53 Å². The topological polar surface area (TPSA) is 57.2 Å². The van der Waals surface area contributed by atoms with E-state index in [4.69, 9.17) is 4.74 Å². The SMILES string of the molecule is CN=C(NCC(C(=O)N1CCOCC1)c1ccccc1)N1CCSC(C)(C)C1. The second kappa shape index (κ2) is 9.65. The highest BCUT2D eigenvalue weighted by Crippen LogP contribution is 2.29. The van der Waals surface area contributed by atoms with E-state index in [1.54, 1.807) is 0 Å². The van der Waals surface area contributed by atoms with Crippen molar-refractivity contribution in [2.24, 2.45) is 4.99 Å². The van der Waals surface area contributed by atoms with Crippen molar-refractivity contribution >= 4 is 23.6 Å². The lowest BCUT2D eigenvalue weighted by Crippen LogP contribution is -2.52. The Balaban J connectivity index is 1.71. The molecule has 1 aromatic rings. The maximum absolute atomic E-state index is 13.3. The average Bonchev–Trinajstić information content (AvgIpc) is 2.71. The predicted molar refractivity (Wildman–Crippen MR) is 116 cm³/mol. The molecule has 2 heterocycles. The predicted octanol–water partition coefficient (Wildman–Crippen LogP) is 2.03. The van der Waals surface area contributed by atoms with E-state index in [-0.39, 0.29) is 16.6 Å². The number of amides is 1. The Labute approximate surface area is 172 Å². The molecule has 2 saturated heterocycles. The number of nitrogens with one attached hydrogen (secondary N) is 1. The third-order valence-electron chi connectivity index (χ3n) is 5.22. The van der Waals surface area contributed by atoms with Gasteiger partial charge in [-0.05, 0) is 19.4 Å². The van der Waals surface area contributed by atoms with Gasteiger partial charge in [0, 0.05) is 50.3 Å². The standard InChI is InChI=1S/C21H32N4O2S/c1-21(2)16-25(11-14-28-21)20(22-3)23-15-18(17-7-5-4-6-8-17)19(26)24-9-12-27-13-10-24/h4-8,18H,9-16H2,1-3H3,(H,22,23). The van der Waals surface area contributed by atoms with Gasteiger partial charge >= 0.3 is 0 Å². The van der Waals surface area contributed by atoms with E-state index in [9.17, 15) is 4.79 Å². The summed E-state index contributed by atoms with van der Waals surface area (Å²) in [6.45, 7) is 9.55. The molecule has 154 valence electrons. The summed E-state index contributed by atoms with van der Waals surface area (Å²) < 4.78 is 5.62. The van der Waals surface area contributed by atoms with Crippen LogP contribution in [0.1, 0.15) is 25.3 Å². The molecule has 6 nitrogen and oxygen atoms in total. The van der Waals surface area contributed by atoms with Gasteiger partial charge < -0.3 is 19.9 Å². The molecule has 1 amide bonds. The van der Waals surface area contributed by atoms with Gasteiger partial charge in [0.25, 0.3) is 0 Å². The number of hydrogen-bond acceptors (Lipinski definition) is 4. The number of carbonyl (C=O) groups is 1. The monoisotopic (exact) mass is 404 g/mol. The van der Waals surface area contributed by atoms with Gasteiger partial charge in [-0.3, -0.25) is 9.79 Å². The largest absolute Gasteiger partial charge is 0.378 e. The molecule has 28 heavy (non-hydrogen) atoms. The average molecular weight is 405 g/mol. The number of guanidine groups is 1. The number of nitrogens with zero attached hydrogens (tertiary/aromatic N) is 3. The summed E-state index contributed by atoms with van der Waals surface area (Å²) in [6.07, 6.45) is 0. The van der Waals surface area contributed by atoms with Crippen LogP contribution < -0.4 is 5.32 Å². The Morgan fingerprint density at radius 3 is 2.57 bits per heavy atom. The molecule has 0 aromatic heterocycles. The normalized spacial score (nSPS) is 21.3. The number of benzene rings is 1. The van der Waals surface area contributed by atoms with Gasteiger partial charge in [0.05, 0.1) is 19.1 Å². The zero-order chi connectivity index (χ0) is 20.0. The third kappa shape index (κ3) is 5.41. The Hall–Kier alpha value is -1.73.